The highest BCUT2D eigenvalue weighted by Crippen LogP contribution is 2.27. The van der Waals surface area contributed by atoms with Gasteiger partial charge in [-0.2, -0.15) is 0 Å². The lowest BCUT2D eigenvalue weighted by atomic mass is 10.2. The molecule has 98 valence electrons. The maximum Gasteiger partial charge on any atom is 0.0399 e. The van der Waals surface area contributed by atoms with Gasteiger partial charge in [0.1, 0.15) is 0 Å². The van der Waals surface area contributed by atoms with Crippen molar-refractivity contribution in [3.8, 4) is 0 Å². The van der Waals surface area contributed by atoms with E-state index in [4.69, 9.17) is 0 Å². The Kier molecular flexibility index (Phi) is 3.68. The number of anilines is 2. The molecule has 0 saturated heterocycles. The summed E-state index contributed by atoms with van der Waals surface area (Å²) in [5.74, 6) is 0. The molecule has 2 aromatic rings. The van der Waals surface area contributed by atoms with Gasteiger partial charge in [-0.25, -0.2) is 0 Å². The van der Waals surface area contributed by atoms with Crippen LogP contribution in [0.25, 0.3) is 0 Å². The molecule has 2 heteroatoms. The van der Waals surface area contributed by atoms with E-state index in [1.54, 1.807) is 0 Å². The van der Waals surface area contributed by atoms with Crippen LogP contribution in [0, 0.1) is 0 Å². The van der Waals surface area contributed by atoms with E-state index in [0.717, 1.165) is 13.1 Å². The molecule has 0 atom stereocenters. The highest BCUT2D eigenvalue weighted by molar-refractivity contribution is 5.57. The Labute approximate surface area is 115 Å². The van der Waals surface area contributed by atoms with Gasteiger partial charge in [0, 0.05) is 31.0 Å². The molecule has 0 unspecified atom stereocenters. The third-order valence-electron chi connectivity index (χ3n) is 3.69. The molecule has 0 fully saturated rings. The normalized spacial score (nSPS) is 13.4. The Morgan fingerprint density at radius 3 is 2.63 bits per heavy atom. The van der Waals surface area contributed by atoms with Crippen LogP contribution in [0.1, 0.15) is 12.0 Å². The first kappa shape index (κ1) is 12.1. The molecule has 2 nitrogen and oxygen atoms in total. The van der Waals surface area contributed by atoms with Gasteiger partial charge in [0.15, 0.2) is 0 Å². The van der Waals surface area contributed by atoms with Crippen molar-refractivity contribution in [3.05, 3.63) is 60.2 Å². The molecule has 1 aliphatic rings. The van der Waals surface area contributed by atoms with Crippen molar-refractivity contribution < 1.29 is 0 Å². The zero-order valence-electron chi connectivity index (χ0n) is 11.2. The van der Waals surface area contributed by atoms with Gasteiger partial charge in [0.2, 0.25) is 0 Å². The fourth-order valence-electron chi connectivity index (χ4n) is 2.70. The van der Waals surface area contributed by atoms with Crippen LogP contribution in [0.2, 0.25) is 0 Å². The van der Waals surface area contributed by atoms with Gasteiger partial charge < -0.3 is 10.2 Å². The lowest BCUT2D eigenvalue weighted by Crippen LogP contribution is -2.23. The molecule has 1 N–H and O–H groups in total. The molecule has 0 radical (unpaired) electrons. The minimum Gasteiger partial charge on any atom is -0.385 e. The molecule has 0 bridgehead atoms. The van der Waals surface area contributed by atoms with Gasteiger partial charge in [-0.15, -0.1) is 0 Å². The summed E-state index contributed by atoms with van der Waals surface area (Å²) in [5, 5.41) is 3.47. The minimum atomic E-state index is 1.03. The molecular weight excluding hydrogens is 232 g/mol. The van der Waals surface area contributed by atoms with Crippen LogP contribution in [0.3, 0.4) is 0 Å². The molecule has 0 aromatic heterocycles. The third-order valence-corrected chi connectivity index (χ3v) is 3.69. The summed E-state index contributed by atoms with van der Waals surface area (Å²) in [6.07, 6.45) is 2.37. The fourth-order valence-corrected chi connectivity index (χ4v) is 2.70. The number of hydrogen-bond acceptors (Lipinski definition) is 2. The van der Waals surface area contributed by atoms with E-state index >= 15 is 0 Å². The van der Waals surface area contributed by atoms with Crippen LogP contribution in [0.4, 0.5) is 11.4 Å². The molecular formula is C17H20N2. The van der Waals surface area contributed by atoms with Gasteiger partial charge in [0.25, 0.3) is 0 Å². The number of fused-ring (bicyclic) bond motifs is 1. The fraction of sp³-hybridized carbons (Fsp3) is 0.294. The van der Waals surface area contributed by atoms with Gasteiger partial charge in [-0.05, 0) is 36.6 Å². The number of nitrogens with zero attached hydrogens (tertiary/aromatic N) is 1. The largest absolute Gasteiger partial charge is 0.385 e. The van der Waals surface area contributed by atoms with E-state index in [-0.39, 0.29) is 0 Å². The second kappa shape index (κ2) is 5.79. The molecule has 1 aliphatic heterocycles. The predicted molar refractivity (Wildman–Crippen MR) is 81.9 cm³/mol. The van der Waals surface area contributed by atoms with E-state index in [0.29, 0.717) is 0 Å². The maximum absolute atomic E-state index is 3.47. The SMILES string of the molecule is c1ccc(NCCCN2CCc3ccccc32)cc1. The number of para-hydroxylation sites is 2. The predicted octanol–water partition coefficient (Wildman–Crippen LogP) is 3.55. The van der Waals surface area contributed by atoms with E-state index in [9.17, 15) is 0 Å². The van der Waals surface area contributed by atoms with Crippen molar-refractivity contribution in [1.82, 2.24) is 0 Å². The van der Waals surface area contributed by atoms with Crippen molar-refractivity contribution in [3.63, 3.8) is 0 Å². The van der Waals surface area contributed by atoms with E-state index in [2.05, 4.69) is 58.7 Å². The van der Waals surface area contributed by atoms with Crippen LogP contribution in [-0.4, -0.2) is 19.6 Å². The Morgan fingerprint density at radius 2 is 1.74 bits per heavy atom. The summed E-state index contributed by atoms with van der Waals surface area (Å²) in [4.78, 5) is 2.50. The Balaban J connectivity index is 1.47. The summed E-state index contributed by atoms with van der Waals surface area (Å²) >= 11 is 0. The van der Waals surface area contributed by atoms with E-state index in [1.807, 2.05) is 6.07 Å². The Bertz CT molecular complexity index is 522. The number of hydrogen-bond donors (Lipinski definition) is 1. The standard InChI is InChI=1S/C17H20N2/c1-2-8-16(9-3-1)18-12-6-13-19-14-11-15-7-4-5-10-17(15)19/h1-5,7-10,18H,6,11-14H2. The summed E-state index contributed by atoms with van der Waals surface area (Å²) in [6, 6.07) is 19.2. The van der Waals surface area contributed by atoms with Crippen molar-refractivity contribution in [2.24, 2.45) is 0 Å². The number of benzene rings is 2. The van der Waals surface area contributed by atoms with E-state index < -0.39 is 0 Å². The molecule has 0 amide bonds. The Hall–Kier alpha value is -1.96. The van der Waals surface area contributed by atoms with Crippen molar-refractivity contribution >= 4 is 11.4 Å². The topological polar surface area (TPSA) is 15.3 Å². The number of rotatable bonds is 5. The summed E-state index contributed by atoms with van der Waals surface area (Å²) in [6.45, 7) is 3.34. The molecule has 19 heavy (non-hydrogen) atoms. The quantitative estimate of drug-likeness (QED) is 0.819. The molecule has 0 aliphatic carbocycles. The van der Waals surface area contributed by atoms with E-state index in [1.165, 1.54) is 36.3 Å². The van der Waals surface area contributed by atoms with Crippen LogP contribution >= 0.6 is 0 Å². The van der Waals surface area contributed by atoms with Gasteiger partial charge in [-0.3, -0.25) is 0 Å². The summed E-state index contributed by atoms with van der Waals surface area (Å²) in [7, 11) is 0. The van der Waals surface area contributed by atoms with Crippen LogP contribution in [0.15, 0.2) is 54.6 Å². The van der Waals surface area contributed by atoms with Crippen LogP contribution in [0.5, 0.6) is 0 Å². The van der Waals surface area contributed by atoms with Crippen LogP contribution < -0.4 is 10.2 Å². The average molecular weight is 252 g/mol. The first-order valence-electron chi connectivity index (χ1n) is 7.05. The molecule has 3 rings (SSSR count). The zero-order chi connectivity index (χ0) is 12.9. The van der Waals surface area contributed by atoms with Gasteiger partial charge in [0.05, 0.1) is 0 Å². The molecule has 0 spiro atoms. The lowest BCUT2D eigenvalue weighted by Gasteiger charge is -2.19. The smallest absolute Gasteiger partial charge is 0.0399 e. The monoisotopic (exact) mass is 252 g/mol. The van der Waals surface area contributed by atoms with Crippen molar-refractivity contribution in [2.45, 2.75) is 12.8 Å². The first-order chi connectivity index (χ1) is 9.43. The third kappa shape index (κ3) is 2.90. The molecule has 1 heterocycles. The zero-order valence-corrected chi connectivity index (χ0v) is 11.2. The summed E-state index contributed by atoms with van der Waals surface area (Å²) < 4.78 is 0. The highest BCUT2D eigenvalue weighted by atomic mass is 15.1. The van der Waals surface area contributed by atoms with Crippen molar-refractivity contribution in [2.75, 3.05) is 29.9 Å². The van der Waals surface area contributed by atoms with Crippen molar-refractivity contribution in [1.29, 1.82) is 0 Å². The summed E-state index contributed by atoms with van der Waals surface area (Å²) in [5.41, 5.74) is 4.14. The minimum absolute atomic E-state index is 1.03. The second-order valence-electron chi connectivity index (χ2n) is 5.01. The Morgan fingerprint density at radius 1 is 0.947 bits per heavy atom. The maximum atomic E-state index is 3.47. The number of nitrogens with one attached hydrogen (secondary N) is 1. The van der Waals surface area contributed by atoms with Gasteiger partial charge in [-0.1, -0.05) is 36.4 Å². The molecule has 0 saturated carbocycles. The highest BCUT2D eigenvalue weighted by Gasteiger charge is 2.16. The van der Waals surface area contributed by atoms with Crippen LogP contribution in [-0.2, 0) is 6.42 Å². The van der Waals surface area contributed by atoms with Gasteiger partial charge >= 0.3 is 0 Å². The second-order valence-corrected chi connectivity index (χ2v) is 5.01. The average Bonchev–Trinajstić information content (AvgIpc) is 2.88. The first-order valence-corrected chi connectivity index (χ1v) is 7.05. The lowest BCUT2D eigenvalue weighted by molar-refractivity contribution is 0.773. The molecule has 2 aromatic carbocycles.